The number of hydrogen-bond donors (Lipinski definition) is 4. The molecule has 1 aliphatic rings. The lowest BCUT2D eigenvalue weighted by Crippen LogP contribution is -2.56. The van der Waals surface area contributed by atoms with Crippen molar-refractivity contribution in [1.82, 2.24) is 0 Å². The lowest BCUT2D eigenvalue weighted by molar-refractivity contribution is -0.292. The van der Waals surface area contributed by atoms with Gasteiger partial charge in [-0.25, -0.2) is 4.57 Å². The number of carbonyl (C=O) groups excluding carboxylic acids is 1. The summed E-state index contributed by atoms with van der Waals surface area (Å²) >= 11 is 0. The summed E-state index contributed by atoms with van der Waals surface area (Å²) in [7, 11) is -4.79. The summed E-state index contributed by atoms with van der Waals surface area (Å²) in [6.07, 6.45) is -3.76. The van der Waals surface area contributed by atoms with Gasteiger partial charge in [0.15, 0.2) is 5.78 Å². The van der Waals surface area contributed by atoms with Gasteiger partial charge in [0.2, 0.25) is 5.79 Å². The number of hydrogen-bond acceptors (Lipinski definition) is 7. The Kier molecular flexibility index (Phi) is 7.31. The maximum atomic E-state index is 12.1. The van der Waals surface area contributed by atoms with E-state index < -0.39 is 44.3 Å². The number of ketones is 1. The van der Waals surface area contributed by atoms with Gasteiger partial charge in [-0.3, -0.25) is 9.32 Å². The molecule has 136 valence electrons. The lowest BCUT2D eigenvalue weighted by atomic mass is 9.93. The molecular formula is C13H25O9P. The van der Waals surface area contributed by atoms with Gasteiger partial charge < -0.3 is 29.5 Å². The molecule has 1 heterocycles. The van der Waals surface area contributed by atoms with Gasteiger partial charge in [-0.1, -0.05) is 13.8 Å². The molecule has 10 heteroatoms. The lowest BCUT2D eigenvalue weighted by Gasteiger charge is -2.43. The van der Waals surface area contributed by atoms with Gasteiger partial charge in [-0.2, -0.15) is 0 Å². The molecule has 1 aliphatic heterocycles. The maximum absolute atomic E-state index is 12.1. The fourth-order valence-corrected chi connectivity index (χ4v) is 2.88. The topological polar surface area (TPSA) is 143 Å². The number of carbonyl (C=O) groups is 1. The summed E-state index contributed by atoms with van der Waals surface area (Å²) < 4.78 is 26.9. The summed E-state index contributed by atoms with van der Waals surface area (Å²) in [5.41, 5.74) is 0. The van der Waals surface area contributed by atoms with E-state index in [-0.39, 0.29) is 25.4 Å². The van der Waals surface area contributed by atoms with Gasteiger partial charge >= 0.3 is 7.82 Å². The minimum absolute atomic E-state index is 0.0825. The average Bonchev–Trinajstić information content (AvgIpc) is 2.41. The van der Waals surface area contributed by atoms with Crippen LogP contribution in [0.25, 0.3) is 0 Å². The Morgan fingerprint density at radius 3 is 2.48 bits per heavy atom. The minimum atomic E-state index is -4.79. The Hall–Kier alpha value is -0.380. The number of rotatable bonds is 8. The summed E-state index contributed by atoms with van der Waals surface area (Å²) in [6, 6.07) is 0. The van der Waals surface area contributed by atoms with Crippen LogP contribution in [0.3, 0.4) is 0 Å². The molecule has 0 aromatic heterocycles. The Morgan fingerprint density at radius 1 is 1.43 bits per heavy atom. The van der Waals surface area contributed by atoms with Crippen LogP contribution in [0.2, 0.25) is 0 Å². The van der Waals surface area contributed by atoms with Crippen molar-refractivity contribution < 1.29 is 43.4 Å². The highest BCUT2D eigenvalue weighted by Crippen LogP contribution is 2.44. The van der Waals surface area contributed by atoms with Gasteiger partial charge in [-0.05, 0) is 5.92 Å². The first-order valence-electron chi connectivity index (χ1n) is 7.34. The van der Waals surface area contributed by atoms with Gasteiger partial charge in [0.25, 0.3) is 0 Å². The van der Waals surface area contributed by atoms with Crippen LogP contribution >= 0.6 is 7.82 Å². The number of aliphatic hydroxyl groups excluding tert-OH is 2. The van der Waals surface area contributed by atoms with Gasteiger partial charge in [0.05, 0.1) is 25.4 Å². The number of aliphatic hydroxyl groups is 2. The van der Waals surface area contributed by atoms with Crippen LogP contribution < -0.4 is 0 Å². The molecule has 23 heavy (non-hydrogen) atoms. The summed E-state index contributed by atoms with van der Waals surface area (Å²) in [4.78, 5) is 30.0. The molecular weight excluding hydrogens is 331 g/mol. The second kappa shape index (κ2) is 8.13. The summed E-state index contributed by atoms with van der Waals surface area (Å²) in [5.74, 6) is -2.20. The number of ether oxygens (including phenoxy) is 2. The molecule has 1 rings (SSSR count). The second-order valence-corrected chi connectivity index (χ2v) is 7.27. The van der Waals surface area contributed by atoms with E-state index >= 15 is 0 Å². The predicted molar refractivity (Wildman–Crippen MR) is 78.3 cm³/mol. The predicted octanol–water partition coefficient (Wildman–Crippen LogP) is -0.0456. The molecule has 0 radical (unpaired) electrons. The molecule has 9 nitrogen and oxygen atoms in total. The zero-order valence-electron chi connectivity index (χ0n) is 13.4. The van der Waals surface area contributed by atoms with Gasteiger partial charge in [0, 0.05) is 19.8 Å². The normalized spacial score (nSPS) is 30.4. The smallest absolute Gasteiger partial charge is 0.394 e. The van der Waals surface area contributed by atoms with Crippen molar-refractivity contribution in [3.05, 3.63) is 0 Å². The monoisotopic (exact) mass is 356 g/mol. The quantitative estimate of drug-likeness (QED) is 0.440. The van der Waals surface area contributed by atoms with E-state index in [9.17, 15) is 14.5 Å². The van der Waals surface area contributed by atoms with Crippen LogP contribution in [0, 0.1) is 5.92 Å². The van der Waals surface area contributed by atoms with Crippen molar-refractivity contribution in [2.75, 3.05) is 13.2 Å². The van der Waals surface area contributed by atoms with Crippen LogP contribution in [0.5, 0.6) is 0 Å². The number of phosphoric acid groups is 1. The first-order chi connectivity index (χ1) is 10.5. The van der Waals surface area contributed by atoms with Gasteiger partial charge in [-0.15, -0.1) is 0 Å². The Balaban J connectivity index is 3.04. The largest absolute Gasteiger partial charge is 0.469 e. The Morgan fingerprint density at radius 2 is 2.04 bits per heavy atom. The molecule has 0 aromatic rings. The molecule has 0 aromatic carbocycles. The number of phosphoric ester groups is 1. The average molecular weight is 356 g/mol. The van der Waals surface area contributed by atoms with Crippen LogP contribution in [0.15, 0.2) is 0 Å². The molecule has 0 amide bonds. The van der Waals surface area contributed by atoms with E-state index in [2.05, 4.69) is 4.52 Å². The van der Waals surface area contributed by atoms with Crippen LogP contribution in [0.4, 0.5) is 0 Å². The first-order valence-corrected chi connectivity index (χ1v) is 8.88. The molecule has 1 saturated heterocycles. The van der Waals surface area contributed by atoms with E-state index in [4.69, 9.17) is 24.4 Å². The Labute approximate surface area is 134 Å². The highest BCUT2D eigenvalue weighted by atomic mass is 31.2. The van der Waals surface area contributed by atoms with Crippen molar-refractivity contribution in [3.63, 3.8) is 0 Å². The van der Waals surface area contributed by atoms with E-state index in [1.807, 2.05) is 13.8 Å². The molecule has 1 fully saturated rings. The van der Waals surface area contributed by atoms with Crippen LogP contribution in [-0.2, 0) is 23.4 Å². The highest BCUT2D eigenvalue weighted by molar-refractivity contribution is 7.46. The Bertz CT molecular complexity index is 449. The second-order valence-electron chi connectivity index (χ2n) is 6.08. The molecule has 1 unspecified atom stereocenters. The first kappa shape index (κ1) is 20.7. The molecule has 4 atom stereocenters. The third-order valence-corrected chi connectivity index (χ3v) is 3.99. The SMILES string of the molecule is CC(=O)[C@@]1(OCC(C)C)C[C@@H](OP(=O)(O)O)CC([C@H](O)CO)O1. The van der Waals surface area contributed by atoms with Crippen molar-refractivity contribution in [2.45, 2.75) is 57.7 Å². The molecule has 4 N–H and O–H groups in total. The third-order valence-electron chi connectivity index (χ3n) is 3.42. The van der Waals surface area contributed by atoms with Crippen molar-refractivity contribution in [3.8, 4) is 0 Å². The van der Waals surface area contributed by atoms with Crippen molar-refractivity contribution >= 4 is 13.6 Å². The molecule has 0 aliphatic carbocycles. The van der Waals surface area contributed by atoms with E-state index in [1.54, 1.807) is 0 Å². The van der Waals surface area contributed by atoms with E-state index in [1.165, 1.54) is 6.92 Å². The molecule has 0 bridgehead atoms. The fourth-order valence-electron chi connectivity index (χ4n) is 2.33. The van der Waals surface area contributed by atoms with Crippen LogP contribution in [-0.4, -0.2) is 63.1 Å². The van der Waals surface area contributed by atoms with E-state index in [0.717, 1.165) is 0 Å². The summed E-state index contributed by atoms with van der Waals surface area (Å²) in [5, 5.41) is 18.9. The minimum Gasteiger partial charge on any atom is -0.394 e. The van der Waals surface area contributed by atoms with E-state index in [0.29, 0.717) is 0 Å². The van der Waals surface area contributed by atoms with Crippen LogP contribution in [0.1, 0.15) is 33.6 Å². The molecule has 0 spiro atoms. The maximum Gasteiger partial charge on any atom is 0.469 e. The number of Topliss-reactive ketones (excluding diaryl/α,β-unsaturated/α-hetero) is 1. The molecule has 0 saturated carbocycles. The van der Waals surface area contributed by atoms with Crippen molar-refractivity contribution in [1.29, 1.82) is 0 Å². The zero-order chi connectivity index (χ0) is 17.8. The third kappa shape index (κ3) is 6.21. The highest BCUT2D eigenvalue weighted by Gasteiger charge is 2.50. The fraction of sp³-hybridized carbons (Fsp3) is 0.923. The standard InChI is InChI=1S/C13H25O9P/c1-8(2)7-20-13(9(3)15)5-10(22-23(17,18)19)4-12(21-13)11(16)6-14/h8,10-12,14,16H,4-7H2,1-3H3,(H2,17,18,19)/t10-,11+,12?,13+/m0/s1. The zero-order valence-corrected chi connectivity index (χ0v) is 14.3. The van der Waals surface area contributed by atoms with Crippen molar-refractivity contribution in [2.24, 2.45) is 5.92 Å². The van der Waals surface area contributed by atoms with Gasteiger partial charge in [0.1, 0.15) is 6.10 Å². The summed E-state index contributed by atoms with van der Waals surface area (Å²) in [6.45, 7) is 4.48.